The standard InChI is InChI=1S/C17H12BrClN4O3S/c1-8(24)20-10-3-5-13-14(7-10)26-16(21-13)23-17(27)22-15(25)11-6-9(18)2-4-12(11)19/h2-7H,1H3,(H,20,24)(H2,21,22,23,25,27). The van der Waals surface area contributed by atoms with E-state index >= 15 is 0 Å². The van der Waals surface area contributed by atoms with Gasteiger partial charge in [-0.05, 0) is 42.5 Å². The summed E-state index contributed by atoms with van der Waals surface area (Å²) in [6, 6.07) is 10.0. The Morgan fingerprint density at radius 2 is 1.96 bits per heavy atom. The second-order valence-electron chi connectivity index (χ2n) is 5.42. The lowest BCUT2D eigenvalue weighted by molar-refractivity contribution is -0.114. The lowest BCUT2D eigenvalue weighted by Gasteiger charge is -2.08. The van der Waals surface area contributed by atoms with Crippen LogP contribution in [0.25, 0.3) is 11.1 Å². The number of halogens is 2. The van der Waals surface area contributed by atoms with Crippen molar-refractivity contribution in [2.75, 3.05) is 10.6 Å². The number of benzene rings is 2. The van der Waals surface area contributed by atoms with E-state index in [-0.39, 0.29) is 22.6 Å². The topological polar surface area (TPSA) is 96.3 Å². The molecular formula is C17H12BrClN4O3S. The third-order valence-electron chi connectivity index (χ3n) is 3.33. The van der Waals surface area contributed by atoms with Crippen molar-refractivity contribution in [2.24, 2.45) is 0 Å². The molecule has 3 rings (SSSR count). The van der Waals surface area contributed by atoms with Crippen LogP contribution >= 0.6 is 39.7 Å². The molecule has 2 aromatic carbocycles. The quantitative estimate of drug-likeness (QED) is 0.496. The number of nitrogens with zero attached hydrogens (tertiary/aromatic N) is 1. The lowest BCUT2D eigenvalue weighted by Crippen LogP contribution is -2.34. The van der Waals surface area contributed by atoms with Gasteiger partial charge in [0.15, 0.2) is 10.7 Å². The minimum absolute atomic E-state index is 0.00434. The highest BCUT2D eigenvalue weighted by molar-refractivity contribution is 9.10. The van der Waals surface area contributed by atoms with Crippen LogP contribution < -0.4 is 16.0 Å². The van der Waals surface area contributed by atoms with Gasteiger partial charge in [-0.2, -0.15) is 4.98 Å². The van der Waals surface area contributed by atoms with Gasteiger partial charge in [-0.25, -0.2) is 0 Å². The number of hydrogen-bond donors (Lipinski definition) is 3. The number of hydrogen-bond acceptors (Lipinski definition) is 5. The Labute approximate surface area is 172 Å². The first kappa shape index (κ1) is 19.3. The second kappa shape index (κ2) is 8.03. The fourth-order valence-electron chi connectivity index (χ4n) is 2.23. The third-order valence-corrected chi connectivity index (χ3v) is 4.36. The van der Waals surface area contributed by atoms with Crippen molar-refractivity contribution in [2.45, 2.75) is 6.92 Å². The van der Waals surface area contributed by atoms with Crippen LogP contribution in [-0.2, 0) is 4.79 Å². The molecule has 2 amide bonds. The maximum atomic E-state index is 12.3. The molecule has 0 aliphatic carbocycles. The fraction of sp³-hybridized carbons (Fsp3) is 0.0588. The second-order valence-corrected chi connectivity index (χ2v) is 7.15. The van der Waals surface area contributed by atoms with Crippen molar-refractivity contribution in [3.05, 3.63) is 51.5 Å². The number of oxazole rings is 1. The Morgan fingerprint density at radius 3 is 2.70 bits per heavy atom. The highest BCUT2D eigenvalue weighted by Gasteiger charge is 2.14. The Balaban J connectivity index is 1.71. The molecule has 138 valence electrons. The molecule has 0 unspecified atom stereocenters. The molecule has 7 nitrogen and oxygen atoms in total. The predicted molar refractivity (Wildman–Crippen MR) is 111 cm³/mol. The minimum Gasteiger partial charge on any atom is -0.423 e. The van der Waals surface area contributed by atoms with E-state index in [0.29, 0.717) is 26.3 Å². The van der Waals surface area contributed by atoms with Crippen LogP contribution in [0, 0.1) is 0 Å². The molecule has 10 heteroatoms. The molecule has 0 bridgehead atoms. The number of aromatic nitrogens is 1. The lowest BCUT2D eigenvalue weighted by atomic mass is 10.2. The van der Waals surface area contributed by atoms with Crippen LogP contribution in [0.2, 0.25) is 5.02 Å². The van der Waals surface area contributed by atoms with Gasteiger partial charge < -0.3 is 9.73 Å². The fourth-order valence-corrected chi connectivity index (χ4v) is 2.97. The van der Waals surface area contributed by atoms with E-state index in [1.165, 1.54) is 6.92 Å². The number of amides is 2. The highest BCUT2D eigenvalue weighted by atomic mass is 79.9. The van der Waals surface area contributed by atoms with Gasteiger partial charge in [0, 0.05) is 23.2 Å². The monoisotopic (exact) mass is 466 g/mol. The van der Waals surface area contributed by atoms with Gasteiger partial charge in [0.25, 0.3) is 5.91 Å². The number of fused-ring (bicyclic) bond motifs is 1. The van der Waals surface area contributed by atoms with Gasteiger partial charge in [-0.3, -0.25) is 20.2 Å². The van der Waals surface area contributed by atoms with E-state index in [1.54, 1.807) is 36.4 Å². The number of anilines is 2. The average molecular weight is 468 g/mol. The maximum absolute atomic E-state index is 12.3. The molecule has 0 radical (unpaired) electrons. The molecule has 0 atom stereocenters. The normalized spacial score (nSPS) is 10.5. The van der Waals surface area contributed by atoms with E-state index in [2.05, 4.69) is 36.9 Å². The first-order valence-electron chi connectivity index (χ1n) is 7.57. The molecule has 3 aromatic rings. The van der Waals surface area contributed by atoms with Crippen LogP contribution in [0.15, 0.2) is 45.3 Å². The van der Waals surface area contributed by atoms with Gasteiger partial charge in [-0.15, -0.1) is 0 Å². The van der Waals surface area contributed by atoms with E-state index < -0.39 is 5.91 Å². The Hall–Kier alpha value is -2.49. The summed E-state index contributed by atoms with van der Waals surface area (Å²) in [6.45, 7) is 1.41. The summed E-state index contributed by atoms with van der Waals surface area (Å²) in [5.41, 5.74) is 1.87. The number of rotatable bonds is 3. The zero-order valence-corrected chi connectivity index (χ0v) is 17.0. The van der Waals surface area contributed by atoms with Crippen LogP contribution in [0.5, 0.6) is 0 Å². The van der Waals surface area contributed by atoms with Crippen molar-refractivity contribution in [1.29, 1.82) is 0 Å². The highest BCUT2D eigenvalue weighted by Crippen LogP contribution is 2.23. The molecule has 1 aromatic heterocycles. The maximum Gasteiger partial charge on any atom is 0.302 e. The van der Waals surface area contributed by atoms with Crippen LogP contribution in [-0.4, -0.2) is 21.9 Å². The number of carbonyl (C=O) groups excluding carboxylic acids is 2. The largest absolute Gasteiger partial charge is 0.423 e. The third kappa shape index (κ3) is 4.82. The molecule has 0 saturated carbocycles. The zero-order chi connectivity index (χ0) is 19.6. The Kier molecular flexibility index (Phi) is 5.73. The summed E-state index contributed by atoms with van der Waals surface area (Å²) < 4.78 is 6.26. The smallest absolute Gasteiger partial charge is 0.302 e. The van der Waals surface area contributed by atoms with E-state index in [9.17, 15) is 9.59 Å². The molecule has 0 spiro atoms. The number of carbonyl (C=O) groups is 2. The average Bonchev–Trinajstić information content (AvgIpc) is 2.97. The van der Waals surface area contributed by atoms with Crippen LogP contribution in [0.3, 0.4) is 0 Å². The Bertz CT molecular complexity index is 1070. The summed E-state index contributed by atoms with van der Waals surface area (Å²) in [7, 11) is 0. The summed E-state index contributed by atoms with van der Waals surface area (Å²) in [4.78, 5) is 27.6. The van der Waals surface area contributed by atoms with Crippen molar-refractivity contribution in [3.63, 3.8) is 0 Å². The SMILES string of the molecule is CC(=O)Nc1ccc2nc(NC(=S)NC(=O)c3cc(Br)ccc3Cl)oc2c1. The minimum atomic E-state index is -0.470. The van der Waals surface area contributed by atoms with Gasteiger partial charge in [0.2, 0.25) is 5.91 Å². The van der Waals surface area contributed by atoms with E-state index in [0.717, 1.165) is 0 Å². The molecule has 0 fully saturated rings. The van der Waals surface area contributed by atoms with E-state index in [4.69, 9.17) is 28.2 Å². The molecule has 1 heterocycles. The van der Waals surface area contributed by atoms with E-state index in [1.807, 2.05) is 0 Å². The van der Waals surface area contributed by atoms with Crippen molar-refractivity contribution >= 4 is 79.5 Å². The molecule has 0 saturated heterocycles. The first-order chi connectivity index (χ1) is 12.8. The van der Waals surface area contributed by atoms with Gasteiger partial charge >= 0.3 is 6.01 Å². The van der Waals surface area contributed by atoms with Crippen molar-refractivity contribution in [1.82, 2.24) is 10.3 Å². The summed E-state index contributed by atoms with van der Waals surface area (Å²) >= 11 is 14.4. The molecule has 27 heavy (non-hydrogen) atoms. The van der Waals surface area contributed by atoms with Crippen LogP contribution in [0.1, 0.15) is 17.3 Å². The molecule has 3 N–H and O–H groups in total. The molecule has 0 aliphatic rings. The van der Waals surface area contributed by atoms with Gasteiger partial charge in [-0.1, -0.05) is 27.5 Å². The van der Waals surface area contributed by atoms with Gasteiger partial charge in [0.05, 0.1) is 10.6 Å². The zero-order valence-electron chi connectivity index (χ0n) is 13.8. The molecule has 0 aliphatic heterocycles. The van der Waals surface area contributed by atoms with Crippen molar-refractivity contribution < 1.29 is 14.0 Å². The Morgan fingerprint density at radius 1 is 1.19 bits per heavy atom. The van der Waals surface area contributed by atoms with Crippen molar-refractivity contribution in [3.8, 4) is 0 Å². The number of thiocarbonyl (C=S) groups is 1. The summed E-state index contributed by atoms with van der Waals surface area (Å²) in [5, 5.41) is 8.18. The van der Waals surface area contributed by atoms with Crippen LogP contribution in [0.4, 0.5) is 11.7 Å². The molecular weight excluding hydrogens is 456 g/mol. The first-order valence-corrected chi connectivity index (χ1v) is 9.15. The predicted octanol–water partition coefficient (Wildman–Crippen LogP) is 4.33. The van der Waals surface area contributed by atoms with Gasteiger partial charge in [0.1, 0.15) is 5.52 Å². The summed E-state index contributed by atoms with van der Waals surface area (Å²) in [6.07, 6.45) is 0. The summed E-state index contributed by atoms with van der Waals surface area (Å²) in [5.74, 6) is -0.662. The number of nitrogens with one attached hydrogen (secondary N) is 3.